The highest BCUT2D eigenvalue weighted by molar-refractivity contribution is 7.22. The molecular formula is C28H27F2N3O3S. The lowest BCUT2D eigenvalue weighted by atomic mass is 9.81. The van der Waals surface area contributed by atoms with E-state index in [2.05, 4.69) is 15.6 Å². The number of hydrogen-bond donors (Lipinski definition) is 3. The Morgan fingerprint density at radius 3 is 2.41 bits per heavy atom. The van der Waals surface area contributed by atoms with Crippen LogP contribution >= 0.6 is 11.3 Å². The minimum Gasteiger partial charge on any atom is -0.480 e. The summed E-state index contributed by atoms with van der Waals surface area (Å²) in [5, 5.41) is 15.5. The number of hydrogen-bond acceptors (Lipinski definition) is 5. The van der Waals surface area contributed by atoms with Gasteiger partial charge in [0.2, 0.25) is 0 Å². The molecule has 1 saturated carbocycles. The second kappa shape index (κ2) is 11.0. The fourth-order valence-corrected chi connectivity index (χ4v) is 5.11. The fourth-order valence-electron chi connectivity index (χ4n) is 4.20. The number of thiazole rings is 1. The van der Waals surface area contributed by atoms with Crippen molar-refractivity contribution in [3.63, 3.8) is 0 Å². The Balaban J connectivity index is 0.00000320. The van der Waals surface area contributed by atoms with Crippen LogP contribution in [0, 0.1) is 17.6 Å². The average molecular weight is 524 g/mol. The number of halogens is 2. The Bertz CT molecular complexity index is 1430. The molecule has 1 aromatic heterocycles. The van der Waals surface area contributed by atoms with E-state index in [-0.39, 0.29) is 18.9 Å². The van der Waals surface area contributed by atoms with E-state index in [1.165, 1.54) is 29.5 Å². The topological polar surface area (TPSA) is 91.3 Å². The van der Waals surface area contributed by atoms with Gasteiger partial charge < -0.3 is 15.7 Å². The number of fused-ring (bicyclic) bond motifs is 1. The van der Waals surface area contributed by atoms with Gasteiger partial charge in [0.05, 0.1) is 15.9 Å². The monoisotopic (exact) mass is 523 g/mol. The van der Waals surface area contributed by atoms with Crippen LogP contribution in [-0.2, 0) is 4.79 Å². The van der Waals surface area contributed by atoms with Crippen LogP contribution in [-0.4, -0.2) is 28.0 Å². The van der Waals surface area contributed by atoms with Crippen molar-refractivity contribution in [2.24, 2.45) is 5.92 Å². The molecule has 37 heavy (non-hydrogen) atoms. The number of aliphatic carboxylic acids is 1. The Kier molecular flexibility index (Phi) is 7.83. The Morgan fingerprint density at radius 2 is 1.76 bits per heavy atom. The van der Waals surface area contributed by atoms with Crippen molar-refractivity contribution < 1.29 is 23.5 Å². The van der Waals surface area contributed by atoms with Gasteiger partial charge >= 0.3 is 5.97 Å². The van der Waals surface area contributed by atoms with Gasteiger partial charge in [0.25, 0.3) is 5.91 Å². The standard InChI is InChI=1S/C27H23F2N3O3S.CH4/c28-19-9-11-22-24(14-19)36-27(32-22)31-21-10-8-18(13-20(21)29)16-4-6-17(7-5-16)25(33)30-23(26(34)35)12-15-2-1-3-15;/h4-11,13-15,23H,1-3,12H2,(H,30,33)(H,31,32)(H,34,35);1H4/t23-;/m0./s1. The second-order valence-electron chi connectivity index (χ2n) is 8.92. The van der Waals surface area contributed by atoms with Crippen LogP contribution in [0.2, 0.25) is 0 Å². The minimum absolute atomic E-state index is 0. The molecule has 4 aromatic rings. The zero-order valence-corrected chi connectivity index (χ0v) is 19.9. The van der Waals surface area contributed by atoms with Gasteiger partial charge in [-0.1, -0.05) is 56.2 Å². The van der Waals surface area contributed by atoms with E-state index in [1.54, 1.807) is 42.5 Å². The lowest BCUT2D eigenvalue weighted by Gasteiger charge is -2.28. The molecule has 9 heteroatoms. The van der Waals surface area contributed by atoms with Gasteiger partial charge in [0, 0.05) is 5.56 Å². The largest absolute Gasteiger partial charge is 0.480 e. The Morgan fingerprint density at radius 1 is 1.03 bits per heavy atom. The third kappa shape index (κ3) is 5.94. The molecule has 1 atom stereocenters. The summed E-state index contributed by atoms with van der Waals surface area (Å²) in [4.78, 5) is 28.5. The summed E-state index contributed by atoms with van der Waals surface area (Å²) in [5.41, 5.74) is 2.52. The van der Waals surface area contributed by atoms with Crippen molar-refractivity contribution in [3.05, 3.63) is 77.9 Å². The lowest BCUT2D eigenvalue weighted by molar-refractivity contribution is -0.139. The van der Waals surface area contributed by atoms with Crippen LogP contribution in [0.15, 0.2) is 60.7 Å². The number of benzene rings is 3. The van der Waals surface area contributed by atoms with Crippen LogP contribution in [0.25, 0.3) is 21.3 Å². The molecule has 1 fully saturated rings. The van der Waals surface area contributed by atoms with Crippen molar-refractivity contribution in [2.45, 2.75) is 39.2 Å². The zero-order chi connectivity index (χ0) is 25.2. The highest BCUT2D eigenvalue weighted by Gasteiger charge is 2.27. The molecule has 192 valence electrons. The van der Waals surface area contributed by atoms with Crippen molar-refractivity contribution in [3.8, 4) is 11.1 Å². The molecular weight excluding hydrogens is 496 g/mol. The molecule has 3 aromatic carbocycles. The lowest BCUT2D eigenvalue weighted by Crippen LogP contribution is -2.42. The molecule has 0 bridgehead atoms. The van der Waals surface area contributed by atoms with E-state index in [0.29, 0.717) is 44.4 Å². The SMILES string of the molecule is C.O=C(N[C@@H](CC1CCC1)C(=O)O)c1ccc(-c2ccc(Nc3nc4ccc(F)cc4s3)c(F)c2)cc1. The second-order valence-corrected chi connectivity index (χ2v) is 9.96. The van der Waals surface area contributed by atoms with Crippen molar-refractivity contribution in [1.82, 2.24) is 10.3 Å². The molecule has 1 heterocycles. The molecule has 0 unspecified atom stereocenters. The quantitative estimate of drug-likeness (QED) is 0.231. The van der Waals surface area contributed by atoms with Crippen molar-refractivity contribution in [2.75, 3.05) is 5.32 Å². The number of carbonyl (C=O) groups excluding carboxylic acids is 1. The average Bonchev–Trinajstić information content (AvgIpc) is 3.23. The minimum atomic E-state index is -1.03. The van der Waals surface area contributed by atoms with Gasteiger partial charge in [0.15, 0.2) is 5.13 Å². The van der Waals surface area contributed by atoms with Crippen LogP contribution in [0.4, 0.5) is 19.6 Å². The van der Waals surface area contributed by atoms with E-state index in [9.17, 15) is 23.5 Å². The highest BCUT2D eigenvalue weighted by atomic mass is 32.1. The number of nitrogens with zero attached hydrogens (tertiary/aromatic N) is 1. The maximum atomic E-state index is 14.8. The van der Waals surface area contributed by atoms with Crippen LogP contribution in [0.5, 0.6) is 0 Å². The van der Waals surface area contributed by atoms with E-state index < -0.39 is 23.7 Å². The molecule has 0 saturated heterocycles. The number of aromatic nitrogens is 1. The Hall–Kier alpha value is -3.85. The molecule has 1 amide bonds. The normalized spacial score (nSPS) is 13.9. The predicted molar refractivity (Wildman–Crippen MR) is 142 cm³/mol. The van der Waals surface area contributed by atoms with Crippen molar-refractivity contribution in [1.29, 1.82) is 0 Å². The first-order valence-corrected chi connectivity index (χ1v) is 12.4. The van der Waals surface area contributed by atoms with Gasteiger partial charge in [-0.25, -0.2) is 18.6 Å². The van der Waals surface area contributed by atoms with Crippen LogP contribution in [0.3, 0.4) is 0 Å². The summed E-state index contributed by atoms with van der Waals surface area (Å²) in [6.45, 7) is 0. The third-order valence-corrected chi connectivity index (χ3v) is 7.37. The maximum absolute atomic E-state index is 14.8. The fraction of sp³-hybridized carbons (Fsp3) is 0.250. The third-order valence-electron chi connectivity index (χ3n) is 6.44. The number of carbonyl (C=O) groups is 2. The summed E-state index contributed by atoms with van der Waals surface area (Å²) in [6.07, 6.45) is 3.54. The van der Waals surface area contributed by atoms with Crippen LogP contribution < -0.4 is 10.6 Å². The number of rotatable bonds is 8. The smallest absolute Gasteiger partial charge is 0.326 e. The van der Waals surface area contributed by atoms with E-state index in [1.807, 2.05) is 0 Å². The zero-order valence-electron chi connectivity index (χ0n) is 19.1. The summed E-state index contributed by atoms with van der Waals surface area (Å²) < 4.78 is 28.9. The first-order chi connectivity index (χ1) is 17.4. The van der Waals surface area contributed by atoms with Gasteiger partial charge in [-0.05, 0) is 65.9 Å². The van der Waals surface area contributed by atoms with Crippen molar-refractivity contribution >= 4 is 44.2 Å². The predicted octanol–water partition coefficient (Wildman–Crippen LogP) is 6.99. The molecule has 6 nitrogen and oxygen atoms in total. The maximum Gasteiger partial charge on any atom is 0.326 e. The summed E-state index contributed by atoms with van der Waals surface area (Å²) >= 11 is 1.23. The number of carboxylic acids is 1. The summed E-state index contributed by atoms with van der Waals surface area (Å²) in [6, 6.07) is 14.7. The number of carboxylic acid groups (broad SMARTS) is 1. The molecule has 0 aliphatic heterocycles. The first-order valence-electron chi connectivity index (χ1n) is 11.6. The number of amides is 1. The summed E-state index contributed by atoms with van der Waals surface area (Å²) in [5.74, 6) is -1.98. The van der Waals surface area contributed by atoms with Gasteiger partial charge in [-0.15, -0.1) is 0 Å². The Labute approximate surface area is 217 Å². The molecule has 1 aliphatic carbocycles. The highest BCUT2D eigenvalue weighted by Crippen LogP contribution is 2.32. The van der Waals surface area contributed by atoms with E-state index >= 15 is 0 Å². The van der Waals surface area contributed by atoms with E-state index in [4.69, 9.17) is 0 Å². The van der Waals surface area contributed by atoms with E-state index in [0.717, 1.165) is 19.3 Å². The molecule has 3 N–H and O–H groups in total. The molecule has 0 spiro atoms. The van der Waals surface area contributed by atoms with Crippen LogP contribution in [0.1, 0.15) is 43.5 Å². The first kappa shape index (κ1) is 26.2. The van der Waals surface area contributed by atoms with Gasteiger partial charge in [0.1, 0.15) is 17.7 Å². The molecule has 0 radical (unpaired) electrons. The van der Waals surface area contributed by atoms with Gasteiger partial charge in [-0.2, -0.15) is 0 Å². The molecule has 5 rings (SSSR count). The summed E-state index contributed by atoms with van der Waals surface area (Å²) in [7, 11) is 0. The van der Waals surface area contributed by atoms with Gasteiger partial charge in [-0.3, -0.25) is 4.79 Å². The molecule has 1 aliphatic rings. The number of anilines is 2. The number of nitrogens with one attached hydrogen (secondary N) is 2.